The van der Waals surface area contributed by atoms with Crippen molar-refractivity contribution < 1.29 is 13.2 Å². The molecule has 0 unspecified atom stereocenters. The number of anilines is 2. The number of benzene rings is 2. The monoisotopic (exact) mass is 442 g/mol. The zero-order chi connectivity index (χ0) is 18.5. The predicted molar refractivity (Wildman–Crippen MR) is 101 cm³/mol. The summed E-state index contributed by atoms with van der Waals surface area (Å²) in [5, 5.41) is 2.67. The fourth-order valence-electron chi connectivity index (χ4n) is 2.94. The highest BCUT2D eigenvalue weighted by molar-refractivity contribution is 9.10. The molecule has 2 heterocycles. The zero-order valence-corrected chi connectivity index (χ0v) is 15.5. The number of halogens is 5. The second-order valence-corrected chi connectivity index (χ2v) is 7.00. The van der Waals surface area contributed by atoms with Gasteiger partial charge in [-0.05, 0) is 46.3 Å². The summed E-state index contributed by atoms with van der Waals surface area (Å²) in [7, 11) is 0. The predicted octanol–water partition coefficient (Wildman–Crippen LogP) is 5.50. The normalized spacial score (nSPS) is 16.0. The van der Waals surface area contributed by atoms with E-state index in [0.29, 0.717) is 30.4 Å². The molecule has 0 fully saturated rings. The molecule has 0 atom stereocenters. The van der Waals surface area contributed by atoms with Crippen LogP contribution in [0.3, 0.4) is 0 Å². The van der Waals surface area contributed by atoms with Crippen molar-refractivity contribution in [1.82, 2.24) is 0 Å². The molecule has 26 heavy (non-hydrogen) atoms. The Kier molecular flexibility index (Phi) is 4.19. The van der Waals surface area contributed by atoms with Gasteiger partial charge in [0.2, 0.25) is 0 Å². The molecule has 1 N–H and O–H groups in total. The van der Waals surface area contributed by atoms with Crippen LogP contribution in [0.2, 0.25) is 5.02 Å². The van der Waals surface area contributed by atoms with E-state index in [4.69, 9.17) is 11.6 Å². The quantitative estimate of drug-likeness (QED) is 0.633. The summed E-state index contributed by atoms with van der Waals surface area (Å²) in [6, 6.07) is 9.19. The van der Waals surface area contributed by atoms with E-state index in [2.05, 4.69) is 31.2 Å². The van der Waals surface area contributed by atoms with Gasteiger partial charge in [0, 0.05) is 16.7 Å². The highest BCUT2D eigenvalue weighted by Crippen LogP contribution is 2.40. The van der Waals surface area contributed by atoms with Crippen LogP contribution in [0.25, 0.3) is 0 Å². The van der Waals surface area contributed by atoms with Gasteiger partial charge >= 0.3 is 6.18 Å². The number of hydrogen-bond donors (Lipinski definition) is 1. The van der Waals surface area contributed by atoms with Gasteiger partial charge in [-0.1, -0.05) is 17.7 Å². The van der Waals surface area contributed by atoms with E-state index in [0.717, 1.165) is 21.9 Å². The molecule has 0 amide bonds. The Morgan fingerprint density at radius 2 is 2.00 bits per heavy atom. The summed E-state index contributed by atoms with van der Waals surface area (Å²) >= 11 is 9.33. The zero-order valence-electron chi connectivity index (χ0n) is 13.1. The number of amidine groups is 2. The Morgan fingerprint density at radius 1 is 1.19 bits per heavy atom. The van der Waals surface area contributed by atoms with Crippen LogP contribution in [0.1, 0.15) is 5.56 Å². The van der Waals surface area contributed by atoms with Crippen molar-refractivity contribution in [2.45, 2.75) is 6.18 Å². The average molecular weight is 444 g/mol. The maximum absolute atomic E-state index is 12.9. The maximum Gasteiger partial charge on any atom is 0.417 e. The van der Waals surface area contributed by atoms with Crippen molar-refractivity contribution in [2.75, 3.05) is 23.3 Å². The molecular formula is C17H11BrClF3N4. The summed E-state index contributed by atoms with van der Waals surface area (Å²) in [6.45, 7) is 1.32. The van der Waals surface area contributed by atoms with Crippen LogP contribution in [0.15, 0.2) is 50.9 Å². The number of para-hydroxylation sites is 1. The van der Waals surface area contributed by atoms with Crippen LogP contribution >= 0.6 is 27.5 Å². The van der Waals surface area contributed by atoms with Crippen LogP contribution in [0.4, 0.5) is 30.2 Å². The number of nitrogens with one attached hydrogen (secondary N) is 1. The fourth-order valence-corrected chi connectivity index (χ4v) is 3.80. The molecule has 0 radical (unpaired) electrons. The van der Waals surface area contributed by atoms with Crippen LogP contribution in [-0.2, 0) is 6.18 Å². The second kappa shape index (κ2) is 6.28. The molecule has 0 aromatic heterocycles. The van der Waals surface area contributed by atoms with Crippen LogP contribution in [0, 0.1) is 0 Å². The van der Waals surface area contributed by atoms with E-state index in [1.807, 2.05) is 23.1 Å². The van der Waals surface area contributed by atoms with E-state index in [9.17, 15) is 13.2 Å². The highest BCUT2D eigenvalue weighted by atomic mass is 79.9. The van der Waals surface area contributed by atoms with Crippen LogP contribution in [0.5, 0.6) is 0 Å². The first-order valence-electron chi connectivity index (χ1n) is 7.68. The van der Waals surface area contributed by atoms with Gasteiger partial charge in [0.15, 0.2) is 11.7 Å². The smallest absolute Gasteiger partial charge is 0.337 e. The van der Waals surface area contributed by atoms with E-state index < -0.39 is 11.7 Å². The topological polar surface area (TPSA) is 40.0 Å². The minimum atomic E-state index is -4.49. The average Bonchev–Trinajstić information content (AvgIpc) is 3.03. The lowest BCUT2D eigenvalue weighted by molar-refractivity contribution is -0.137. The summed E-state index contributed by atoms with van der Waals surface area (Å²) in [5.41, 5.74) is 1.22. The Morgan fingerprint density at radius 3 is 2.73 bits per heavy atom. The van der Waals surface area contributed by atoms with Gasteiger partial charge < -0.3 is 10.2 Å². The molecular weight excluding hydrogens is 433 g/mol. The summed E-state index contributed by atoms with van der Waals surface area (Å²) in [5.74, 6) is 1.13. The number of alkyl halides is 3. The third kappa shape index (κ3) is 2.97. The van der Waals surface area contributed by atoms with Gasteiger partial charge in [-0.25, -0.2) is 4.99 Å². The molecule has 0 saturated carbocycles. The SMILES string of the molecule is FC(F)(F)c1ccc(NC2=Nc3cccc(Br)c3N3CCN=C23)cc1Cl. The first kappa shape index (κ1) is 17.4. The molecule has 2 aliphatic rings. The van der Waals surface area contributed by atoms with E-state index in [1.165, 1.54) is 12.1 Å². The van der Waals surface area contributed by atoms with Crippen LogP contribution < -0.4 is 10.2 Å². The van der Waals surface area contributed by atoms with Gasteiger partial charge in [0.1, 0.15) is 0 Å². The van der Waals surface area contributed by atoms with E-state index in [1.54, 1.807) is 0 Å². The molecule has 2 aliphatic heterocycles. The van der Waals surface area contributed by atoms with Crippen molar-refractivity contribution in [3.63, 3.8) is 0 Å². The number of nitrogens with zero attached hydrogens (tertiary/aromatic N) is 3. The third-order valence-corrected chi connectivity index (χ3v) is 5.01. The van der Waals surface area contributed by atoms with Crippen molar-refractivity contribution in [2.24, 2.45) is 9.98 Å². The Balaban J connectivity index is 1.71. The summed E-state index contributed by atoms with van der Waals surface area (Å²) in [6.07, 6.45) is -4.49. The molecule has 4 nitrogen and oxygen atoms in total. The minimum absolute atomic E-state index is 0.368. The highest BCUT2D eigenvalue weighted by Gasteiger charge is 2.34. The second-order valence-electron chi connectivity index (χ2n) is 5.74. The minimum Gasteiger partial charge on any atom is -0.337 e. The molecule has 2 aromatic rings. The molecule has 0 spiro atoms. The summed E-state index contributed by atoms with van der Waals surface area (Å²) < 4.78 is 39.5. The van der Waals surface area contributed by atoms with Crippen molar-refractivity contribution in [1.29, 1.82) is 0 Å². The Bertz CT molecular complexity index is 956. The van der Waals surface area contributed by atoms with Crippen molar-refractivity contribution in [3.8, 4) is 0 Å². The third-order valence-electron chi connectivity index (χ3n) is 4.06. The molecule has 0 aliphatic carbocycles. The summed E-state index contributed by atoms with van der Waals surface area (Å²) in [4.78, 5) is 11.1. The standard InChI is InChI=1S/C17H11BrClF3N4/c18-11-2-1-3-13-14(11)26-7-6-23-16(26)15(25-13)24-9-4-5-10(12(19)8-9)17(20,21)22/h1-5,8H,6-7H2,(H,24,25). The lowest BCUT2D eigenvalue weighted by atomic mass is 10.2. The van der Waals surface area contributed by atoms with Crippen molar-refractivity contribution >= 4 is 56.3 Å². The number of rotatable bonds is 1. The number of aliphatic imine (C=N–C) groups is 2. The van der Waals surface area contributed by atoms with Gasteiger partial charge in [0.05, 0.1) is 28.5 Å². The fraction of sp³-hybridized carbons (Fsp3) is 0.176. The van der Waals surface area contributed by atoms with Crippen molar-refractivity contribution in [3.05, 3.63) is 51.5 Å². The molecule has 0 saturated heterocycles. The van der Waals surface area contributed by atoms with E-state index in [-0.39, 0.29) is 5.02 Å². The van der Waals surface area contributed by atoms with Gasteiger partial charge in [-0.2, -0.15) is 13.2 Å². The molecule has 0 bridgehead atoms. The lowest BCUT2D eigenvalue weighted by Crippen LogP contribution is -2.39. The largest absolute Gasteiger partial charge is 0.417 e. The molecule has 4 rings (SSSR count). The van der Waals surface area contributed by atoms with Crippen LogP contribution in [-0.4, -0.2) is 24.8 Å². The van der Waals surface area contributed by atoms with Gasteiger partial charge in [0.25, 0.3) is 0 Å². The number of hydrogen-bond acceptors (Lipinski definition) is 4. The first-order valence-corrected chi connectivity index (χ1v) is 8.85. The Labute approximate surface area is 160 Å². The van der Waals surface area contributed by atoms with E-state index >= 15 is 0 Å². The molecule has 2 aromatic carbocycles. The molecule has 134 valence electrons. The van der Waals surface area contributed by atoms with Gasteiger partial charge in [-0.3, -0.25) is 4.99 Å². The first-order chi connectivity index (χ1) is 12.3. The number of fused-ring (bicyclic) bond motifs is 3. The lowest BCUT2D eigenvalue weighted by Gasteiger charge is -2.28. The molecule has 9 heteroatoms. The van der Waals surface area contributed by atoms with Gasteiger partial charge in [-0.15, -0.1) is 0 Å². The Hall–Kier alpha value is -2.06. The maximum atomic E-state index is 12.9.